The van der Waals surface area contributed by atoms with Crippen LogP contribution in [0.2, 0.25) is 0 Å². The molecule has 0 aliphatic rings. The Bertz CT molecular complexity index is 771. The minimum absolute atomic E-state index is 0.152. The van der Waals surface area contributed by atoms with Crippen molar-refractivity contribution in [3.8, 4) is 0 Å². The minimum Gasteiger partial charge on any atom is -0.463 e. The van der Waals surface area contributed by atoms with Crippen molar-refractivity contribution in [3.63, 3.8) is 0 Å². The number of nitrogens with one attached hydrogen (secondary N) is 2. The molecule has 2 aromatic carbocycles. The lowest BCUT2D eigenvalue weighted by Crippen LogP contribution is -2.32. The van der Waals surface area contributed by atoms with E-state index in [-0.39, 0.29) is 11.7 Å². The van der Waals surface area contributed by atoms with Gasteiger partial charge in [0.25, 0.3) is 0 Å². The molecule has 2 aromatic rings. The van der Waals surface area contributed by atoms with Gasteiger partial charge in [-0.2, -0.15) is 0 Å². The van der Waals surface area contributed by atoms with Crippen molar-refractivity contribution in [2.24, 2.45) is 0 Å². The summed E-state index contributed by atoms with van der Waals surface area (Å²) in [4.78, 5) is 22.7. The molecule has 0 radical (unpaired) electrons. The zero-order valence-electron chi connectivity index (χ0n) is 12.5. The average Bonchev–Trinajstić information content (AvgIpc) is 2.53. The van der Waals surface area contributed by atoms with Gasteiger partial charge in [0.05, 0.1) is 6.61 Å². The number of thiocarbonyl (C=S) groups is 1. The normalized spacial score (nSPS) is 10.5. The number of anilines is 1. The molecule has 0 aliphatic carbocycles. The summed E-state index contributed by atoms with van der Waals surface area (Å²) in [5.74, 6) is -1.08. The van der Waals surface area contributed by atoms with E-state index in [0.29, 0.717) is 0 Å². The van der Waals surface area contributed by atoms with Crippen LogP contribution in [0.1, 0.15) is 6.92 Å². The second kappa shape index (κ2) is 8.05. The van der Waals surface area contributed by atoms with Crippen LogP contribution in [-0.2, 0) is 14.3 Å². The Kier molecular flexibility index (Phi) is 5.82. The van der Waals surface area contributed by atoms with E-state index in [4.69, 9.17) is 12.2 Å². The number of benzene rings is 2. The van der Waals surface area contributed by atoms with E-state index in [1.165, 1.54) is 0 Å². The van der Waals surface area contributed by atoms with Crippen LogP contribution >= 0.6 is 12.2 Å². The molecule has 0 heterocycles. The van der Waals surface area contributed by atoms with Gasteiger partial charge < -0.3 is 10.1 Å². The molecule has 0 atom stereocenters. The number of rotatable bonds is 4. The monoisotopic (exact) mass is 328 g/mol. The molecule has 2 N–H and O–H groups in total. The van der Waals surface area contributed by atoms with E-state index in [0.717, 1.165) is 28.6 Å². The van der Waals surface area contributed by atoms with Gasteiger partial charge in [0, 0.05) is 17.8 Å². The van der Waals surface area contributed by atoms with Crippen LogP contribution in [0.15, 0.2) is 54.6 Å². The van der Waals surface area contributed by atoms with Crippen LogP contribution in [0.4, 0.5) is 5.69 Å². The smallest absolute Gasteiger partial charge is 0.330 e. The van der Waals surface area contributed by atoms with Gasteiger partial charge in [-0.1, -0.05) is 30.3 Å². The second-order valence-electron chi connectivity index (χ2n) is 4.59. The highest BCUT2D eigenvalue weighted by Gasteiger charge is 2.03. The first-order valence-corrected chi connectivity index (χ1v) is 7.45. The molecule has 0 spiro atoms. The largest absolute Gasteiger partial charge is 0.463 e. The van der Waals surface area contributed by atoms with E-state index >= 15 is 0 Å². The molecule has 2 rings (SSSR count). The molecule has 6 heteroatoms. The summed E-state index contributed by atoms with van der Waals surface area (Å²) in [6, 6.07) is 13.7. The van der Waals surface area contributed by atoms with Crippen molar-refractivity contribution in [2.75, 3.05) is 11.9 Å². The van der Waals surface area contributed by atoms with Gasteiger partial charge in [0.2, 0.25) is 5.91 Å². The van der Waals surface area contributed by atoms with Crippen molar-refractivity contribution in [1.82, 2.24) is 5.32 Å². The lowest BCUT2D eigenvalue weighted by atomic mass is 10.1. The number of fused-ring (bicyclic) bond motifs is 1. The molecule has 23 heavy (non-hydrogen) atoms. The zero-order chi connectivity index (χ0) is 16.7. The molecular weight excluding hydrogens is 312 g/mol. The van der Waals surface area contributed by atoms with Crippen LogP contribution < -0.4 is 10.6 Å². The van der Waals surface area contributed by atoms with E-state index in [1.54, 1.807) is 6.92 Å². The Morgan fingerprint density at radius 1 is 1.13 bits per heavy atom. The van der Waals surface area contributed by atoms with Gasteiger partial charge in [0.15, 0.2) is 5.11 Å². The van der Waals surface area contributed by atoms with Gasteiger partial charge in [-0.05, 0) is 42.0 Å². The third-order valence-corrected chi connectivity index (χ3v) is 3.11. The topological polar surface area (TPSA) is 67.4 Å². The summed E-state index contributed by atoms with van der Waals surface area (Å²) >= 11 is 5.07. The van der Waals surface area contributed by atoms with Crippen molar-refractivity contribution in [3.05, 3.63) is 54.6 Å². The Morgan fingerprint density at radius 3 is 2.61 bits per heavy atom. The fraction of sp³-hybridized carbons (Fsp3) is 0.118. The summed E-state index contributed by atoms with van der Waals surface area (Å²) in [5.41, 5.74) is 0.767. The molecule has 0 aliphatic heterocycles. The number of carbonyl (C=O) groups is 2. The predicted octanol–water partition coefficient (Wildman–Crippen LogP) is 2.77. The fourth-order valence-corrected chi connectivity index (χ4v) is 2.14. The van der Waals surface area contributed by atoms with Gasteiger partial charge in [-0.15, -0.1) is 0 Å². The predicted molar refractivity (Wildman–Crippen MR) is 94.1 cm³/mol. The lowest BCUT2D eigenvalue weighted by molar-refractivity contribution is -0.137. The van der Waals surface area contributed by atoms with Gasteiger partial charge >= 0.3 is 5.97 Å². The molecule has 118 valence electrons. The van der Waals surface area contributed by atoms with Gasteiger partial charge in [-0.25, -0.2) is 4.79 Å². The Hall–Kier alpha value is -2.73. The average molecular weight is 328 g/mol. The Labute approximate surface area is 139 Å². The van der Waals surface area contributed by atoms with E-state index in [2.05, 4.69) is 15.4 Å². The maximum absolute atomic E-state index is 11.6. The summed E-state index contributed by atoms with van der Waals surface area (Å²) in [7, 11) is 0. The fourth-order valence-electron chi connectivity index (χ4n) is 1.92. The number of amides is 1. The van der Waals surface area contributed by atoms with Gasteiger partial charge in [0.1, 0.15) is 0 Å². The van der Waals surface area contributed by atoms with Crippen LogP contribution in [0.5, 0.6) is 0 Å². The highest BCUT2D eigenvalue weighted by Crippen LogP contribution is 2.18. The number of ether oxygens (including phenoxy) is 1. The number of carbonyl (C=O) groups excluding carboxylic acids is 2. The van der Waals surface area contributed by atoms with Crippen molar-refractivity contribution in [1.29, 1.82) is 0 Å². The third-order valence-electron chi connectivity index (χ3n) is 2.90. The number of hydrogen-bond acceptors (Lipinski definition) is 4. The molecular formula is C17H16N2O3S. The summed E-state index contributed by atoms with van der Waals surface area (Å²) in [6.07, 6.45) is 2.13. The SMILES string of the molecule is CCOC(=O)/C=C/C(=O)NC(=S)Nc1ccc2ccccc2c1. The first-order chi connectivity index (χ1) is 11.1. The highest BCUT2D eigenvalue weighted by molar-refractivity contribution is 7.80. The first-order valence-electron chi connectivity index (χ1n) is 7.04. The molecule has 0 saturated carbocycles. The molecule has 5 nitrogen and oxygen atoms in total. The lowest BCUT2D eigenvalue weighted by Gasteiger charge is -2.09. The summed E-state index contributed by atoms with van der Waals surface area (Å²) < 4.78 is 4.68. The summed E-state index contributed by atoms with van der Waals surface area (Å²) in [5, 5.41) is 7.72. The minimum atomic E-state index is -0.573. The quantitative estimate of drug-likeness (QED) is 0.513. The van der Waals surface area contributed by atoms with Crippen molar-refractivity contribution < 1.29 is 14.3 Å². The van der Waals surface area contributed by atoms with Crippen LogP contribution in [-0.4, -0.2) is 23.6 Å². The van der Waals surface area contributed by atoms with Crippen LogP contribution in [0, 0.1) is 0 Å². The van der Waals surface area contributed by atoms with Crippen molar-refractivity contribution in [2.45, 2.75) is 6.92 Å². The number of hydrogen-bond donors (Lipinski definition) is 2. The van der Waals surface area contributed by atoms with Crippen LogP contribution in [0.3, 0.4) is 0 Å². The second-order valence-corrected chi connectivity index (χ2v) is 5.00. The van der Waals surface area contributed by atoms with Gasteiger partial charge in [-0.3, -0.25) is 10.1 Å². The third kappa shape index (κ3) is 5.19. The Balaban J connectivity index is 1.93. The molecule has 0 aromatic heterocycles. The van der Waals surface area contributed by atoms with E-state index < -0.39 is 11.9 Å². The maximum atomic E-state index is 11.6. The maximum Gasteiger partial charge on any atom is 0.330 e. The number of esters is 1. The standard InChI is InChI=1S/C17H16N2O3S/c1-2-22-16(21)10-9-15(20)19-17(23)18-14-8-7-12-5-3-4-6-13(12)11-14/h3-11H,2H2,1H3,(H2,18,19,20,23)/b10-9+. The molecule has 0 unspecified atom stereocenters. The van der Waals surface area contributed by atoms with Crippen LogP contribution in [0.25, 0.3) is 10.8 Å². The summed E-state index contributed by atoms with van der Waals surface area (Å²) in [6.45, 7) is 1.95. The highest BCUT2D eigenvalue weighted by atomic mass is 32.1. The Morgan fingerprint density at radius 2 is 1.87 bits per heavy atom. The molecule has 1 amide bonds. The molecule has 0 fully saturated rings. The molecule has 0 saturated heterocycles. The van der Waals surface area contributed by atoms with E-state index in [1.807, 2.05) is 42.5 Å². The first kappa shape index (κ1) is 16.6. The molecule has 0 bridgehead atoms. The van der Waals surface area contributed by atoms with E-state index in [9.17, 15) is 9.59 Å². The van der Waals surface area contributed by atoms with Crippen molar-refractivity contribution >= 4 is 45.7 Å². The zero-order valence-corrected chi connectivity index (χ0v) is 13.4.